The Hall–Kier alpha value is -2.76. The molecule has 0 N–H and O–H groups in total. The summed E-state index contributed by atoms with van der Waals surface area (Å²) in [5, 5.41) is 0. The topological polar surface area (TPSA) is 96.4 Å². The molecule has 0 radical (unpaired) electrons. The molecule has 2 aromatic rings. The molecule has 212 valence electrons. The SMILES string of the molecule is COC(=O)c1ccc(OCC(F)CCN2CCC(O[C@H]3C[C@H](Oc4ccc(Br)cn4)C3)CC2)cc1C(=O)OC. The van der Waals surface area contributed by atoms with Crippen molar-refractivity contribution in [1.29, 1.82) is 0 Å². The van der Waals surface area contributed by atoms with Gasteiger partial charge in [-0.15, -0.1) is 0 Å². The Morgan fingerprint density at radius 3 is 2.41 bits per heavy atom. The quantitative estimate of drug-likeness (QED) is 0.320. The Bertz CT molecular complexity index is 1110. The number of halogens is 2. The fraction of sp³-hybridized carbons (Fsp3) is 0.536. The number of nitrogens with zero attached hydrogens (tertiary/aromatic N) is 2. The second-order valence-corrected chi connectivity index (χ2v) is 10.6. The van der Waals surface area contributed by atoms with E-state index in [-0.39, 0.29) is 41.8 Å². The van der Waals surface area contributed by atoms with Gasteiger partial charge in [-0.3, -0.25) is 0 Å². The minimum absolute atomic E-state index is 0.00824. The molecule has 1 atom stereocenters. The van der Waals surface area contributed by atoms with Crippen LogP contribution in [0, 0.1) is 0 Å². The van der Waals surface area contributed by atoms with Crippen molar-refractivity contribution < 1.29 is 37.7 Å². The van der Waals surface area contributed by atoms with Gasteiger partial charge < -0.3 is 28.6 Å². The predicted molar refractivity (Wildman–Crippen MR) is 144 cm³/mol. The van der Waals surface area contributed by atoms with Crippen molar-refractivity contribution in [2.45, 2.75) is 56.6 Å². The van der Waals surface area contributed by atoms with Crippen LogP contribution in [0.5, 0.6) is 11.6 Å². The molecule has 2 fully saturated rings. The van der Waals surface area contributed by atoms with E-state index in [1.807, 2.05) is 12.1 Å². The van der Waals surface area contributed by atoms with Crippen molar-refractivity contribution >= 4 is 27.9 Å². The molecule has 4 rings (SSSR count). The van der Waals surface area contributed by atoms with E-state index in [9.17, 15) is 14.0 Å². The van der Waals surface area contributed by atoms with E-state index in [1.54, 1.807) is 6.20 Å². The van der Waals surface area contributed by atoms with E-state index in [4.69, 9.17) is 23.7 Å². The van der Waals surface area contributed by atoms with Gasteiger partial charge in [0.1, 0.15) is 24.6 Å². The Labute approximate surface area is 236 Å². The lowest BCUT2D eigenvalue weighted by atomic mass is 9.91. The molecule has 1 saturated heterocycles. The molecule has 1 aliphatic heterocycles. The minimum Gasteiger partial charge on any atom is -0.491 e. The lowest BCUT2D eigenvalue weighted by Gasteiger charge is -2.39. The van der Waals surface area contributed by atoms with Crippen LogP contribution in [0.2, 0.25) is 0 Å². The van der Waals surface area contributed by atoms with Crippen molar-refractivity contribution in [1.82, 2.24) is 9.88 Å². The van der Waals surface area contributed by atoms with Crippen molar-refractivity contribution in [3.8, 4) is 11.6 Å². The van der Waals surface area contributed by atoms with Gasteiger partial charge in [0.2, 0.25) is 5.88 Å². The summed E-state index contributed by atoms with van der Waals surface area (Å²) in [4.78, 5) is 30.4. The van der Waals surface area contributed by atoms with Gasteiger partial charge in [-0.25, -0.2) is 19.0 Å². The second-order valence-electron chi connectivity index (χ2n) is 9.71. The summed E-state index contributed by atoms with van der Waals surface area (Å²) >= 11 is 3.37. The summed E-state index contributed by atoms with van der Waals surface area (Å²) in [6.45, 7) is 2.21. The number of hydrogen-bond donors (Lipinski definition) is 0. The highest BCUT2D eigenvalue weighted by molar-refractivity contribution is 9.10. The van der Waals surface area contributed by atoms with Crippen LogP contribution in [0.15, 0.2) is 41.0 Å². The summed E-state index contributed by atoms with van der Waals surface area (Å²) in [6, 6.07) is 8.04. The molecule has 2 aliphatic rings. The number of carbonyl (C=O) groups is 2. The zero-order valence-electron chi connectivity index (χ0n) is 22.1. The highest BCUT2D eigenvalue weighted by atomic mass is 79.9. The standard InChI is InChI=1S/C28H34BrFN2O7/c1-35-27(33)24-5-4-21(15-25(24)28(34)36-2)37-17-19(30)7-10-32-11-8-20(9-12-32)38-22-13-23(14-22)39-26-6-3-18(29)16-31-26/h3-6,15-16,19-20,22-23H,7-14,17H2,1-2H3/t19?,22-,23-. The van der Waals surface area contributed by atoms with Gasteiger partial charge in [0.15, 0.2) is 0 Å². The fourth-order valence-electron chi connectivity index (χ4n) is 4.64. The number of piperidine rings is 1. The van der Waals surface area contributed by atoms with Gasteiger partial charge in [-0.05, 0) is 59.5 Å². The number of methoxy groups -OCH3 is 2. The molecule has 1 unspecified atom stereocenters. The normalized spacial score (nSPS) is 20.5. The van der Waals surface area contributed by atoms with Crippen LogP contribution in [0.25, 0.3) is 0 Å². The van der Waals surface area contributed by atoms with E-state index < -0.39 is 18.1 Å². The van der Waals surface area contributed by atoms with Crippen molar-refractivity contribution in [3.05, 3.63) is 52.1 Å². The van der Waals surface area contributed by atoms with Crippen molar-refractivity contribution in [3.63, 3.8) is 0 Å². The molecule has 1 aliphatic carbocycles. The van der Waals surface area contributed by atoms with Crippen LogP contribution >= 0.6 is 15.9 Å². The Balaban J connectivity index is 1.11. The maximum atomic E-state index is 14.6. The molecular formula is C28H34BrFN2O7. The molecule has 0 bridgehead atoms. The second kappa shape index (κ2) is 14.0. The van der Waals surface area contributed by atoms with E-state index in [0.29, 0.717) is 18.8 Å². The number of carbonyl (C=O) groups excluding carboxylic acids is 2. The van der Waals surface area contributed by atoms with Crippen LogP contribution in [-0.2, 0) is 14.2 Å². The van der Waals surface area contributed by atoms with Crippen LogP contribution in [0.1, 0.15) is 52.8 Å². The third-order valence-electron chi connectivity index (χ3n) is 6.95. The zero-order valence-corrected chi connectivity index (χ0v) is 23.7. The molecule has 1 aromatic carbocycles. The third-order valence-corrected chi connectivity index (χ3v) is 7.42. The molecular weight excluding hydrogens is 575 g/mol. The van der Waals surface area contributed by atoms with E-state index >= 15 is 0 Å². The Kier molecular flexibility index (Phi) is 10.5. The average molecular weight is 609 g/mol. The van der Waals surface area contributed by atoms with Crippen LogP contribution in [-0.4, -0.2) is 86.8 Å². The number of alkyl halides is 1. The highest BCUT2D eigenvalue weighted by Crippen LogP contribution is 2.30. The number of pyridine rings is 1. The monoisotopic (exact) mass is 608 g/mol. The Morgan fingerprint density at radius 2 is 1.74 bits per heavy atom. The average Bonchev–Trinajstić information content (AvgIpc) is 2.94. The molecule has 2 heterocycles. The lowest BCUT2D eigenvalue weighted by Crippen LogP contribution is -2.45. The third kappa shape index (κ3) is 8.36. The number of hydrogen-bond acceptors (Lipinski definition) is 9. The smallest absolute Gasteiger partial charge is 0.338 e. The van der Waals surface area contributed by atoms with Gasteiger partial charge >= 0.3 is 11.9 Å². The van der Waals surface area contributed by atoms with E-state index in [0.717, 1.165) is 43.2 Å². The molecule has 1 aromatic heterocycles. The number of esters is 2. The zero-order chi connectivity index (χ0) is 27.8. The lowest BCUT2D eigenvalue weighted by molar-refractivity contribution is -0.111. The molecule has 11 heteroatoms. The number of rotatable bonds is 12. The van der Waals surface area contributed by atoms with Crippen LogP contribution < -0.4 is 9.47 Å². The van der Waals surface area contributed by atoms with E-state index in [2.05, 4.69) is 25.8 Å². The van der Waals surface area contributed by atoms with Crippen LogP contribution in [0.4, 0.5) is 4.39 Å². The van der Waals surface area contributed by atoms with E-state index in [1.165, 1.54) is 32.4 Å². The highest BCUT2D eigenvalue weighted by Gasteiger charge is 2.34. The molecule has 9 nitrogen and oxygen atoms in total. The van der Waals surface area contributed by atoms with Gasteiger partial charge in [-0.1, -0.05) is 0 Å². The minimum atomic E-state index is -1.17. The van der Waals surface area contributed by atoms with Crippen LogP contribution in [0.3, 0.4) is 0 Å². The van der Waals surface area contributed by atoms with Gasteiger partial charge in [0.05, 0.1) is 37.6 Å². The summed E-state index contributed by atoms with van der Waals surface area (Å²) < 4.78 is 42.6. The maximum Gasteiger partial charge on any atom is 0.338 e. The van der Waals surface area contributed by atoms with Gasteiger partial charge in [0, 0.05) is 49.2 Å². The summed E-state index contributed by atoms with van der Waals surface area (Å²) in [5.74, 6) is -0.456. The number of aromatic nitrogens is 1. The predicted octanol–water partition coefficient (Wildman–Crippen LogP) is 4.62. The summed E-state index contributed by atoms with van der Waals surface area (Å²) in [6.07, 6.45) is 5.05. The molecule has 0 amide bonds. The number of likely N-dealkylation sites (tertiary alicyclic amines) is 1. The molecule has 1 saturated carbocycles. The largest absolute Gasteiger partial charge is 0.491 e. The summed E-state index contributed by atoms with van der Waals surface area (Å²) in [7, 11) is 2.44. The van der Waals surface area contributed by atoms with Crippen molar-refractivity contribution in [2.24, 2.45) is 0 Å². The Morgan fingerprint density at radius 1 is 1.03 bits per heavy atom. The van der Waals surface area contributed by atoms with Gasteiger partial charge in [0.25, 0.3) is 0 Å². The maximum absolute atomic E-state index is 14.6. The summed E-state index contributed by atoms with van der Waals surface area (Å²) in [5.41, 5.74) is 0.0678. The molecule has 39 heavy (non-hydrogen) atoms. The van der Waals surface area contributed by atoms with Crippen molar-refractivity contribution in [2.75, 3.05) is 40.5 Å². The fourth-order valence-corrected chi connectivity index (χ4v) is 4.88. The number of ether oxygens (including phenoxy) is 5. The first-order valence-corrected chi connectivity index (χ1v) is 13.9. The first-order chi connectivity index (χ1) is 18.8. The number of benzene rings is 1. The molecule has 0 spiro atoms. The van der Waals surface area contributed by atoms with Gasteiger partial charge in [-0.2, -0.15) is 0 Å². The first-order valence-electron chi connectivity index (χ1n) is 13.1. The first kappa shape index (κ1) is 29.2.